The van der Waals surface area contributed by atoms with E-state index in [1.54, 1.807) is 11.3 Å². The van der Waals surface area contributed by atoms with Crippen molar-refractivity contribution in [2.45, 2.75) is 82.0 Å². The Labute approximate surface area is 182 Å². The Bertz CT molecular complexity index is 787. The molecule has 0 aliphatic heterocycles. The topological polar surface area (TPSA) is 66.9 Å². The van der Waals surface area contributed by atoms with Crippen LogP contribution in [-0.4, -0.2) is 27.9 Å². The summed E-state index contributed by atoms with van der Waals surface area (Å²) >= 11 is 2.99. The molecule has 0 bridgehead atoms. The van der Waals surface area contributed by atoms with Gasteiger partial charge < -0.3 is 10.6 Å². The molecule has 5 nitrogen and oxygen atoms in total. The zero-order valence-electron chi connectivity index (χ0n) is 17.8. The van der Waals surface area contributed by atoms with Crippen LogP contribution in [0, 0.1) is 0 Å². The van der Waals surface area contributed by atoms with Gasteiger partial charge in [0.15, 0.2) is 4.34 Å². The first-order chi connectivity index (χ1) is 13.9. The molecule has 158 valence electrons. The summed E-state index contributed by atoms with van der Waals surface area (Å²) in [4.78, 5) is 12.7. The number of para-hydroxylation sites is 1. The summed E-state index contributed by atoms with van der Waals surface area (Å²) < 4.78 is 0.833. The molecule has 0 atom stereocenters. The molecule has 1 aliphatic rings. The summed E-state index contributed by atoms with van der Waals surface area (Å²) in [6, 6.07) is 6.80. The first kappa shape index (κ1) is 22.1. The van der Waals surface area contributed by atoms with E-state index < -0.39 is 0 Å². The van der Waals surface area contributed by atoms with E-state index in [0.717, 1.165) is 15.2 Å². The number of hydrogen-bond donors (Lipinski definition) is 2. The maximum atomic E-state index is 12.7. The molecule has 3 rings (SSSR count). The number of aromatic nitrogens is 2. The smallest absolute Gasteiger partial charge is 0.234 e. The van der Waals surface area contributed by atoms with E-state index in [1.165, 1.54) is 55.0 Å². The van der Waals surface area contributed by atoms with Crippen LogP contribution in [0.3, 0.4) is 0 Å². The van der Waals surface area contributed by atoms with Gasteiger partial charge in [-0.25, -0.2) is 0 Å². The maximum absolute atomic E-state index is 12.7. The van der Waals surface area contributed by atoms with Crippen LogP contribution in [0.5, 0.6) is 0 Å². The van der Waals surface area contributed by atoms with Gasteiger partial charge in [0.25, 0.3) is 0 Å². The van der Waals surface area contributed by atoms with E-state index in [4.69, 9.17) is 0 Å². The number of nitrogens with zero attached hydrogens (tertiary/aromatic N) is 2. The highest BCUT2D eigenvalue weighted by Gasteiger charge is 2.18. The number of rotatable bonds is 8. The molecule has 0 radical (unpaired) electrons. The Morgan fingerprint density at radius 3 is 2.38 bits per heavy atom. The molecule has 0 saturated heterocycles. The molecule has 29 heavy (non-hydrogen) atoms. The van der Waals surface area contributed by atoms with E-state index in [0.29, 0.717) is 23.6 Å². The van der Waals surface area contributed by atoms with Crippen LogP contribution in [0.2, 0.25) is 0 Å². The number of carbonyl (C=O) groups excluding carboxylic acids is 1. The van der Waals surface area contributed by atoms with E-state index in [-0.39, 0.29) is 5.91 Å². The van der Waals surface area contributed by atoms with Crippen molar-refractivity contribution >= 4 is 39.8 Å². The van der Waals surface area contributed by atoms with Gasteiger partial charge in [0, 0.05) is 11.7 Å². The van der Waals surface area contributed by atoms with Gasteiger partial charge in [0.05, 0.1) is 5.75 Å². The van der Waals surface area contributed by atoms with Crippen molar-refractivity contribution in [3.05, 3.63) is 29.3 Å². The molecule has 0 spiro atoms. The number of amides is 1. The lowest BCUT2D eigenvalue weighted by Gasteiger charge is -2.21. The van der Waals surface area contributed by atoms with Crippen molar-refractivity contribution in [1.29, 1.82) is 0 Å². The Hall–Kier alpha value is -1.60. The molecule has 7 heteroatoms. The molecular weight excluding hydrogens is 400 g/mol. The number of anilines is 2. The SMILES string of the molecule is CC(C)c1cccc(C(C)C)c1NC(=O)CSc1nnc(NC2CCCCC2)s1. The molecule has 1 aliphatic carbocycles. The van der Waals surface area contributed by atoms with Gasteiger partial charge in [0.2, 0.25) is 11.0 Å². The Morgan fingerprint density at radius 1 is 1.10 bits per heavy atom. The molecule has 1 amide bonds. The van der Waals surface area contributed by atoms with Gasteiger partial charge in [-0.15, -0.1) is 10.2 Å². The van der Waals surface area contributed by atoms with Crippen molar-refractivity contribution in [2.75, 3.05) is 16.4 Å². The van der Waals surface area contributed by atoms with Crippen LogP contribution in [0.15, 0.2) is 22.5 Å². The van der Waals surface area contributed by atoms with E-state index >= 15 is 0 Å². The lowest BCUT2D eigenvalue weighted by molar-refractivity contribution is -0.113. The fraction of sp³-hybridized carbons (Fsp3) is 0.591. The predicted molar refractivity (Wildman–Crippen MR) is 124 cm³/mol. The Kier molecular flexibility index (Phi) is 7.95. The van der Waals surface area contributed by atoms with Crippen molar-refractivity contribution < 1.29 is 4.79 Å². The van der Waals surface area contributed by atoms with Crippen LogP contribution < -0.4 is 10.6 Å². The van der Waals surface area contributed by atoms with E-state index in [9.17, 15) is 4.79 Å². The third-order valence-corrected chi connectivity index (χ3v) is 7.29. The zero-order valence-corrected chi connectivity index (χ0v) is 19.5. The standard InChI is InChI=1S/C22H32N4OS2/c1-14(2)17-11-8-12-18(15(3)4)20(17)24-19(27)13-28-22-26-25-21(29-22)23-16-9-6-5-7-10-16/h8,11-12,14-16H,5-7,9-10,13H2,1-4H3,(H,23,25)(H,24,27). The monoisotopic (exact) mass is 432 g/mol. The summed E-state index contributed by atoms with van der Waals surface area (Å²) in [6.07, 6.45) is 6.32. The van der Waals surface area contributed by atoms with Gasteiger partial charge >= 0.3 is 0 Å². The molecular formula is C22H32N4OS2. The quantitative estimate of drug-likeness (QED) is 0.482. The number of benzene rings is 1. The van der Waals surface area contributed by atoms with Crippen LogP contribution in [-0.2, 0) is 4.79 Å². The minimum absolute atomic E-state index is 0.00184. The van der Waals surface area contributed by atoms with Crippen molar-refractivity contribution in [2.24, 2.45) is 0 Å². The summed E-state index contributed by atoms with van der Waals surface area (Å²) in [6.45, 7) is 8.63. The first-order valence-corrected chi connectivity index (χ1v) is 12.4. The lowest BCUT2D eigenvalue weighted by atomic mass is 9.92. The molecule has 1 heterocycles. The van der Waals surface area contributed by atoms with Crippen LogP contribution in [0.25, 0.3) is 0 Å². The molecule has 1 saturated carbocycles. The zero-order chi connectivity index (χ0) is 20.8. The minimum atomic E-state index is 0.00184. The third-order valence-electron chi connectivity index (χ3n) is 5.30. The second kappa shape index (κ2) is 10.4. The minimum Gasteiger partial charge on any atom is -0.357 e. The summed E-state index contributed by atoms with van der Waals surface area (Å²) in [7, 11) is 0. The number of nitrogens with one attached hydrogen (secondary N) is 2. The summed E-state index contributed by atoms with van der Waals surface area (Å²) in [5, 5.41) is 16.0. The highest BCUT2D eigenvalue weighted by atomic mass is 32.2. The average Bonchev–Trinajstić information content (AvgIpc) is 3.14. The van der Waals surface area contributed by atoms with Gasteiger partial charge in [0.1, 0.15) is 0 Å². The van der Waals surface area contributed by atoms with Gasteiger partial charge in [-0.3, -0.25) is 4.79 Å². The second-order valence-corrected chi connectivity index (χ2v) is 10.5. The number of hydrogen-bond acceptors (Lipinski definition) is 6. The fourth-order valence-electron chi connectivity index (χ4n) is 3.75. The molecule has 2 aromatic rings. The third kappa shape index (κ3) is 6.19. The van der Waals surface area contributed by atoms with E-state index in [1.807, 2.05) is 0 Å². The van der Waals surface area contributed by atoms with Crippen molar-refractivity contribution in [3.63, 3.8) is 0 Å². The average molecular weight is 433 g/mol. The molecule has 2 N–H and O–H groups in total. The fourth-order valence-corrected chi connectivity index (χ4v) is 5.38. The first-order valence-electron chi connectivity index (χ1n) is 10.6. The van der Waals surface area contributed by atoms with Crippen molar-refractivity contribution in [3.8, 4) is 0 Å². The van der Waals surface area contributed by atoms with Crippen LogP contribution >= 0.6 is 23.1 Å². The van der Waals surface area contributed by atoms with Gasteiger partial charge in [-0.1, -0.05) is 88.3 Å². The maximum Gasteiger partial charge on any atom is 0.234 e. The summed E-state index contributed by atoms with van der Waals surface area (Å²) in [5.74, 6) is 1.05. The van der Waals surface area contributed by atoms with Gasteiger partial charge in [-0.05, 0) is 35.8 Å². The van der Waals surface area contributed by atoms with E-state index in [2.05, 4.69) is 66.7 Å². The Morgan fingerprint density at radius 2 is 1.76 bits per heavy atom. The van der Waals surface area contributed by atoms with Crippen molar-refractivity contribution in [1.82, 2.24) is 10.2 Å². The normalized spacial score (nSPS) is 15.1. The van der Waals surface area contributed by atoms with Crippen LogP contribution in [0.4, 0.5) is 10.8 Å². The molecule has 1 aromatic heterocycles. The highest BCUT2D eigenvalue weighted by molar-refractivity contribution is 8.01. The molecule has 0 unspecified atom stereocenters. The predicted octanol–water partition coefficient (Wildman–Crippen LogP) is 6.26. The lowest BCUT2D eigenvalue weighted by Crippen LogP contribution is -2.21. The summed E-state index contributed by atoms with van der Waals surface area (Å²) in [5.41, 5.74) is 3.34. The number of thioether (sulfide) groups is 1. The largest absolute Gasteiger partial charge is 0.357 e. The second-order valence-electron chi connectivity index (χ2n) is 8.31. The molecule has 1 aromatic carbocycles. The van der Waals surface area contributed by atoms with Crippen LogP contribution in [0.1, 0.15) is 82.8 Å². The molecule has 1 fully saturated rings. The van der Waals surface area contributed by atoms with Gasteiger partial charge in [-0.2, -0.15) is 0 Å². The Balaban J connectivity index is 1.58. The number of carbonyl (C=O) groups is 1. The highest BCUT2D eigenvalue weighted by Crippen LogP contribution is 2.33.